The molecule has 2 aliphatic heterocycles. The van der Waals surface area contributed by atoms with Crippen LogP contribution in [0.3, 0.4) is 0 Å². The molecule has 3 aliphatic rings. The molecule has 5 rings (SSSR count). The lowest BCUT2D eigenvalue weighted by Crippen LogP contribution is -2.52. The van der Waals surface area contributed by atoms with Crippen molar-refractivity contribution in [1.82, 2.24) is 19.4 Å². The van der Waals surface area contributed by atoms with Crippen molar-refractivity contribution in [3.8, 4) is 12.3 Å². The Kier molecular flexibility index (Phi) is 3.77. The molecule has 1 aliphatic carbocycles. The number of aliphatic imine (C=N–C) groups is 1. The van der Waals surface area contributed by atoms with E-state index in [0.29, 0.717) is 5.69 Å². The lowest BCUT2D eigenvalue weighted by molar-refractivity contribution is 0.0833. The number of sulfonamides is 1. The minimum absolute atomic E-state index is 0.0349. The first-order valence-electron chi connectivity index (χ1n) is 10.8. The van der Waals surface area contributed by atoms with Crippen LogP contribution >= 0.6 is 0 Å². The summed E-state index contributed by atoms with van der Waals surface area (Å²) in [7, 11) is -2.23. The van der Waals surface area contributed by atoms with Gasteiger partial charge in [0.2, 0.25) is 16.0 Å². The molecule has 0 spiro atoms. The van der Waals surface area contributed by atoms with Crippen LogP contribution in [0.25, 0.3) is 0 Å². The molecule has 9 nitrogen and oxygen atoms in total. The van der Waals surface area contributed by atoms with Gasteiger partial charge in [-0.15, -0.1) is 6.42 Å². The second kappa shape index (κ2) is 6.67. The van der Waals surface area contributed by atoms with E-state index >= 15 is 0 Å². The van der Waals surface area contributed by atoms with Crippen molar-refractivity contribution in [1.29, 1.82) is 0 Å². The molecule has 31 heavy (non-hydrogen) atoms. The number of nitrogens with zero attached hydrogens (tertiary/aromatic N) is 5. The number of aryl methyl sites for hydroxylation is 1. The third-order valence-corrected chi connectivity index (χ3v) is 7.26. The number of fused-ring (bicyclic) bond motifs is 3. The van der Waals surface area contributed by atoms with E-state index in [1.54, 1.807) is 11.9 Å². The fourth-order valence-electron chi connectivity index (χ4n) is 3.70. The van der Waals surface area contributed by atoms with E-state index in [-0.39, 0.29) is 28.5 Å². The van der Waals surface area contributed by atoms with Crippen LogP contribution in [0.2, 0.25) is 0 Å². The molecule has 0 unspecified atom stereocenters. The first-order chi connectivity index (χ1) is 15.5. The van der Waals surface area contributed by atoms with Gasteiger partial charge in [-0.05, 0) is 38.0 Å². The number of terminal acetylenes is 1. The quantitative estimate of drug-likeness (QED) is 0.702. The van der Waals surface area contributed by atoms with Crippen molar-refractivity contribution >= 4 is 27.6 Å². The second-order valence-electron chi connectivity index (χ2n) is 8.19. The van der Waals surface area contributed by atoms with E-state index in [2.05, 4.69) is 20.7 Å². The molecule has 1 atom stereocenters. The summed E-state index contributed by atoms with van der Waals surface area (Å²) in [5.41, 5.74) is 0.105. The number of amides is 1. The number of guanidine groups is 1. The van der Waals surface area contributed by atoms with Crippen LogP contribution in [0.5, 0.6) is 0 Å². The molecular weight excluding hydrogens is 416 g/mol. The van der Waals surface area contributed by atoms with Crippen LogP contribution in [-0.2, 0) is 23.6 Å². The molecule has 0 radical (unpaired) electrons. The average molecular weight is 441 g/mol. The number of hydrogen-bond donors (Lipinski definition) is 1. The summed E-state index contributed by atoms with van der Waals surface area (Å²) >= 11 is 0. The number of anilines is 1. The Hall–Kier alpha value is -3.16. The Bertz CT molecular complexity index is 1360. The molecule has 1 saturated carbocycles. The molecule has 10 heteroatoms. The summed E-state index contributed by atoms with van der Waals surface area (Å²) in [6, 6.07) is 3.69. The van der Waals surface area contributed by atoms with Gasteiger partial charge in [-0.3, -0.25) is 19.3 Å². The Morgan fingerprint density at radius 2 is 2.19 bits per heavy atom. The van der Waals surface area contributed by atoms with Crippen molar-refractivity contribution in [2.75, 3.05) is 11.4 Å². The van der Waals surface area contributed by atoms with Gasteiger partial charge in [0, 0.05) is 24.3 Å². The van der Waals surface area contributed by atoms with E-state index in [4.69, 9.17) is 9.16 Å². The fourth-order valence-corrected chi connectivity index (χ4v) is 5.19. The van der Waals surface area contributed by atoms with Crippen LogP contribution in [0.1, 0.15) is 38.4 Å². The monoisotopic (exact) mass is 440 g/mol. The highest BCUT2D eigenvalue weighted by atomic mass is 32.2. The van der Waals surface area contributed by atoms with Crippen molar-refractivity contribution in [2.45, 2.75) is 42.7 Å². The maximum atomic E-state index is 13.6. The van der Waals surface area contributed by atoms with Gasteiger partial charge in [0.1, 0.15) is 6.04 Å². The lowest BCUT2D eigenvalue weighted by atomic mass is 10.1. The first kappa shape index (κ1) is 17.5. The molecule has 1 fully saturated rings. The molecule has 160 valence electrons. The summed E-state index contributed by atoms with van der Waals surface area (Å²) in [5, 5.41) is 4.02. The summed E-state index contributed by atoms with van der Waals surface area (Å²) < 4.78 is 47.5. The third kappa shape index (κ3) is 3.30. The van der Waals surface area contributed by atoms with Gasteiger partial charge in [0.05, 0.1) is 38.1 Å². The number of nitrogens with one attached hydrogen (secondary N) is 1. The summed E-state index contributed by atoms with van der Waals surface area (Å²) in [6.45, 7) is -0.306. The smallest absolute Gasteiger partial charge is 0.263 e. The predicted octanol–water partition coefficient (Wildman–Crippen LogP) is 1.08. The number of carbonyl (C=O) groups excluding carboxylic acids is 1. The number of benzene rings is 1. The summed E-state index contributed by atoms with van der Waals surface area (Å²) in [4.78, 5) is 20.5. The zero-order chi connectivity index (χ0) is 23.8. The Labute approximate surface area is 183 Å². The van der Waals surface area contributed by atoms with Gasteiger partial charge in [0.25, 0.3) is 5.91 Å². The number of rotatable bonds is 5. The molecular formula is C21H22N6O3S. The molecule has 1 amide bonds. The highest BCUT2D eigenvalue weighted by Crippen LogP contribution is 2.38. The largest absolute Gasteiger partial charge is 0.295 e. The van der Waals surface area contributed by atoms with Crippen molar-refractivity contribution in [3.05, 3.63) is 41.7 Å². The van der Waals surface area contributed by atoms with Crippen LogP contribution in [-0.4, -0.2) is 53.1 Å². The molecule has 0 bridgehead atoms. The third-order valence-electron chi connectivity index (χ3n) is 5.62. The predicted molar refractivity (Wildman–Crippen MR) is 115 cm³/mol. The second-order valence-corrected chi connectivity index (χ2v) is 9.88. The number of hydrogen-bond acceptors (Lipinski definition) is 6. The summed E-state index contributed by atoms with van der Waals surface area (Å²) in [5.74, 6) is 2.00. The van der Waals surface area contributed by atoms with Crippen LogP contribution in [0.15, 0.2) is 40.5 Å². The van der Waals surface area contributed by atoms with Gasteiger partial charge in [-0.2, -0.15) is 5.10 Å². The van der Waals surface area contributed by atoms with Crippen molar-refractivity contribution < 1.29 is 16.0 Å². The molecule has 1 aromatic carbocycles. The van der Waals surface area contributed by atoms with Crippen molar-refractivity contribution in [2.24, 2.45) is 12.0 Å². The maximum absolute atomic E-state index is 13.6. The van der Waals surface area contributed by atoms with E-state index in [0.717, 1.165) is 17.7 Å². The van der Waals surface area contributed by atoms with E-state index < -0.39 is 34.0 Å². The van der Waals surface area contributed by atoms with Gasteiger partial charge >= 0.3 is 0 Å². The Morgan fingerprint density at radius 1 is 1.42 bits per heavy atom. The fraction of sp³-hybridized carbons (Fsp3) is 0.381. The SMILES string of the molecule is [2H]C([2H])(c1cnn(C)c1)N1C(=O)c2cc(S(=O)(=O)NC3(C)CC3)ccc2N2C1=NC[C@H]2C#C. The molecule has 2 aromatic rings. The number of aromatic nitrogens is 2. The van der Waals surface area contributed by atoms with E-state index in [1.807, 2.05) is 6.92 Å². The highest BCUT2D eigenvalue weighted by Gasteiger charge is 2.44. The average Bonchev–Trinajstić information content (AvgIpc) is 3.14. The van der Waals surface area contributed by atoms with Gasteiger partial charge < -0.3 is 0 Å². The van der Waals surface area contributed by atoms with E-state index in [9.17, 15) is 13.2 Å². The number of carbonyl (C=O) groups is 1. The zero-order valence-electron chi connectivity index (χ0n) is 19.0. The molecule has 1 N–H and O–H groups in total. The summed E-state index contributed by atoms with van der Waals surface area (Å²) in [6.07, 6.45) is 9.99. The Balaban J connectivity index is 1.64. The standard InChI is InChI=1S/C21H22N6O3S/c1-4-15-11-22-20-26(13-14-10-23-25(3)12-14)19(28)17-9-16(5-6-18(17)27(15)20)31(29,30)24-21(2)7-8-21/h1,5-6,9-10,12,15,24H,7-8,11,13H2,2-3H3/t15-/m1/s1/i13D2. The van der Waals surface area contributed by atoms with Crippen LogP contribution in [0, 0.1) is 12.3 Å². The molecule has 3 heterocycles. The van der Waals surface area contributed by atoms with Crippen LogP contribution < -0.4 is 9.62 Å². The zero-order valence-corrected chi connectivity index (χ0v) is 17.8. The van der Waals surface area contributed by atoms with Gasteiger partial charge in [-0.1, -0.05) is 5.92 Å². The maximum Gasteiger partial charge on any atom is 0.263 e. The molecule has 1 aromatic heterocycles. The van der Waals surface area contributed by atoms with Crippen molar-refractivity contribution in [3.63, 3.8) is 0 Å². The topological polar surface area (TPSA) is 99.9 Å². The van der Waals surface area contributed by atoms with Crippen LogP contribution in [0.4, 0.5) is 5.69 Å². The van der Waals surface area contributed by atoms with Gasteiger partial charge in [0.15, 0.2) is 0 Å². The minimum Gasteiger partial charge on any atom is -0.295 e. The normalized spacial score (nSPS) is 22.8. The Morgan fingerprint density at radius 3 is 2.84 bits per heavy atom. The molecule has 0 saturated heterocycles. The minimum atomic E-state index is -3.87. The highest BCUT2D eigenvalue weighted by molar-refractivity contribution is 7.89. The van der Waals surface area contributed by atoms with E-state index in [1.165, 1.54) is 35.3 Å². The first-order valence-corrected chi connectivity index (χ1v) is 11.3. The van der Waals surface area contributed by atoms with Gasteiger partial charge in [-0.25, -0.2) is 18.1 Å². The lowest BCUT2D eigenvalue weighted by Gasteiger charge is -2.37.